The molecule has 0 saturated carbocycles. The Morgan fingerprint density at radius 2 is 2.15 bits per heavy atom. The van der Waals surface area contributed by atoms with Crippen LogP contribution in [0.3, 0.4) is 0 Å². The number of likely N-dealkylation sites (tertiary alicyclic amines) is 1. The van der Waals surface area contributed by atoms with Gasteiger partial charge in [-0.25, -0.2) is 14.0 Å². The molecule has 0 radical (unpaired) electrons. The van der Waals surface area contributed by atoms with E-state index < -0.39 is 24.1 Å². The molecule has 0 aromatic heterocycles. The Kier molecular flexibility index (Phi) is 4.97. The summed E-state index contributed by atoms with van der Waals surface area (Å²) in [5.41, 5.74) is 0.814. The SMILES string of the molecule is CC(=O)NCC1CN(c2ccc(C3CCN(C(=O)O)C3)c(F)c2)C(=O)O1. The van der Waals surface area contributed by atoms with Crippen LogP contribution in [0.15, 0.2) is 18.2 Å². The summed E-state index contributed by atoms with van der Waals surface area (Å²) in [7, 11) is 0. The second-order valence-corrected chi connectivity index (χ2v) is 6.47. The third-order valence-electron chi connectivity index (χ3n) is 4.65. The molecule has 2 aliphatic rings. The molecule has 2 unspecified atom stereocenters. The van der Waals surface area contributed by atoms with Crippen molar-refractivity contribution in [2.24, 2.45) is 0 Å². The molecule has 26 heavy (non-hydrogen) atoms. The van der Waals surface area contributed by atoms with Gasteiger partial charge in [-0.3, -0.25) is 9.69 Å². The van der Waals surface area contributed by atoms with E-state index >= 15 is 0 Å². The first kappa shape index (κ1) is 18.0. The fourth-order valence-electron chi connectivity index (χ4n) is 3.30. The van der Waals surface area contributed by atoms with Crippen LogP contribution in [-0.2, 0) is 9.53 Å². The lowest BCUT2D eigenvalue weighted by Gasteiger charge is -2.17. The summed E-state index contributed by atoms with van der Waals surface area (Å²) in [6.07, 6.45) is -1.53. The third-order valence-corrected chi connectivity index (χ3v) is 4.65. The maximum atomic E-state index is 14.6. The summed E-state index contributed by atoms with van der Waals surface area (Å²) in [6, 6.07) is 4.49. The number of nitrogens with one attached hydrogen (secondary N) is 1. The Morgan fingerprint density at radius 3 is 2.77 bits per heavy atom. The zero-order valence-electron chi connectivity index (χ0n) is 14.3. The number of carbonyl (C=O) groups is 3. The molecule has 0 aliphatic carbocycles. The van der Waals surface area contributed by atoms with Crippen LogP contribution in [0.1, 0.15) is 24.8 Å². The zero-order chi connectivity index (χ0) is 18.8. The number of hydrogen-bond acceptors (Lipinski definition) is 4. The van der Waals surface area contributed by atoms with Gasteiger partial charge < -0.3 is 20.1 Å². The molecular formula is C17H20FN3O5. The summed E-state index contributed by atoms with van der Waals surface area (Å²) in [4.78, 5) is 36.5. The van der Waals surface area contributed by atoms with E-state index in [1.54, 1.807) is 12.1 Å². The van der Waals surface area contributed by atoms with Gasteiger partial charge in [0.2, 0.25) is 5.91 Å². The van der Waals surface area contributed by atoms with Crippen molar-refractivity contribution in [3.63, 3.8) is 0 Å². The number of rotatable bonds is 4. The Morgan fingerprint density at radius 1 is 1.38 bits per heavy atom. The van der Waals surface area contributed by atoms with Crippen molar-refractivity contribution in [3.05, 3.63) is 29.6 Å². The van der Waals surface area contributed by atoms with Gasteiger partial charge in [0, 0.05) is 25.9 Å². The normalized spacial score (nSPS) is 22.5. The number of halogens is 1. The van der Waals surface area contributed by atoms with Gasteiger partial charge in [0.15, 0.2) is 0 Å². The Hall–Kier alpha value is -2.84. The van der Waals surface area contributed by atoms with Gasteiger partial charge in [0.05, 0.1) is 18.8 Å². The highest BCUT2D eigenvalue weighted by atomic mass is 19.1. The molecule has 9 heteroatoms. The van der Waals surface area contributed by atoms with Crippen LogP contribution in [0.2, 0.25) is 0 Å². The molecule has 2 saturated heterocycles. The van der Waals surface area contributed by atoms with Crippen molar-refractivity contribution in [1.82, 2.24) is 10.2 Å². The molecule has 0 spiro atoms. The van der Waals surface area contributed by atoms with Crippen molar-refractivity contribution in [2.75, 3.05) is 31.1 Å². The number of nitrogens with zero attached hydrogens (tertiary/aromatic N) is 2. The molecular weight excluding hydrogens is 345 g/mol. The number of benzene rings is 1. The van der Waals surface area contributed by atoms with Crippen LogP contribution in [0.5, 0.6) is 0 Å². The molecule has 2 heterocycles. The maximum Gasteiger partial charge on any atom is 0.414 e. The van der Waals surface area contributed by atoms with E-state index in [9.17, 15) is 18.8 Å². The van der Waals surface area contributed by atoms with E-state index in [1.165, 1.54) is 22.8 Å². The predicted molar refractivity (Wildman–Crippen MR) is 89.7 cm³/mol. The predicted octanol–water partition coefficient (Wildman–Crippen LogP) is 1.75. The average Bonchev–Trinajstić information content (AvgIpc) is 3.20. The Balaban J connectivity index is 1.69. The van der Waals surface area contributed by atoms with E-state index in [0.717, 1.165) is 0 Å². The largest absolute Gasteiger partial charge is 0.465 e. The highest BCUT2D eigenvalue weighted by Gasteiger charge is 2.34. The van der Waals surface area contributed by atoms with Gasteiger partial charge in [-0.2, -0.15) is 0 Å². The number of carboxylic acid groups (broad SMARTS) is 1. The summed E-state index contributed by atoms with van der Waals surface area (Å²) in [5, 5.41) is 11.6. The number of ether oxygens (including phenoxy) is 1. The lowest BCUT2D eigenvalue weighted by molar-refractivity contribution is -0.119. The lowest BCUT2D eigenvalue weighted by atomic mass is 9.97. The Bertz CT molecular complexity index is 741. The van der Waals surface area contributed by atoms with Gasteiger partial charge in [-0.05, 0) is 24.1 Å². The van der Waals surface area contributed by atoms with Crippen LogP contribution in [0.4, 0.5) is 19.7 Å². The highest BCUT2D eigenvalue weighted by Crippen LogP contribution is 2.32. The minimum Gasteiger partial charge on any atom is -0.465 e. The summed E-state index contributed by atoms with van der Waals surface area (Å²) in [6.45, 7) is 2.43. The van der Waals surface area contributed by atoms with E-state index in [-0.39, 0.29) is 31.5 Å². The highest BCUT2D eigenvalue weighted by molar-refractivity contribution is 5.89. The van der Waals surface area contributed by atoms with E-state index in [2.05, 4.69) is 5.32 Å². The lowest BCUT2D eigenvalue weighted by Crippen LogP contribution is -2.33. The smallest absolute Gasteiger partial charge is 0.414 e. The van der Waals surface area contributed by atoms with E-state index in [4.69, 9.17) is 9.84 Å². The van der Waals surface area contributed by atoms with Crippen LogP contribution >= 0.6 is 0 Å². The van der Waals surface area contributed by atoms with Crippen LogP contribution in [0, 0.1) is 5.82 Å². The molecule has 0 bridgehead atoms. The number of hydrogen-bond donors (Lipinski definition) is 2. The molecule has 1 aromatic carbocycles. The molecule has 2 fully saturated rings. The van der Waals surface area contributed by atoms with Crippen molar-refractivity contribution in [1.29, 1.82) is 0 Å². The number of carbonyl (C=O) groups excluding carboxylic acids is 2. The second kappa shape index (κ2) is 7.19. The number of cyclic esters (lactones) is 1. The van der Waals surface area contributed by atoms with Crippen LogP contribution < -0.4 is 10.2 Å². The Labute approximate surface area is 149 Å². The molecule has 3 rings (SSSR count). The molecule has 2 atom stereocenters. The fourth-order valence-corrected chi connectivity index (χ4v) is 3.30. The minimum atomic E-state index is -1.01. The van der Waals surface area contributed by atoms with Crippen LogP contribution in [-0.4, -0.2) is 60.4 Å². The first-order chi connectivity index (χ1) is 12.3. The molecule has 2 N–H and O–H groups in total. The first-order valence-electron chi connectivity index (χ1n) is 8.35. The van der Waals surface area contributed by atoms with E-state index in [0.29, 0.717) is 24.2 Å². The monoisotopic (exact) mass is 365 g/mol. The number of amides is 3. The topological polar surface area (TPSA) is 99.2 Å². The summed E-state index contributed by atoms with van der Waals surface area (Å²) >= 11 is 0. The van der Waals surface area contributed by atoms with Gasteiger partial charge in [0.25, 0.3) is 0 Å². The molecule has 3 amide bonds. The minimum absolute atomic E-state index is 0.196. The fraction of sp³-hybridized carbons (Fsp3) is 0.471. The maximum absolute atomic E-state index is 14.6. The number of anilines is 1. The first-order valence-corrected chi connectivity index (χ1v) is 8.35. The second-order valence-electron chi connectivity index (χ2n) is 6.47. The quantitative estimate of drug-likeness (QED) is 0.847. The third kappa shape index (κ3) is 3.71. The zero-order valence-corrected chi connectivity index (χ0v) is 14.3. The van der Waals surface area contributed by atoms with Crippen molar-refractivity contribution in [2.45, 2.75) is 25.4 Å². The molecule has 140 valence electrons. The van der Waals surface area contributed by atoms with Crippen molar-refractivity contribution < 1.29 is 28.6 Å². The molecule has 1 aromatic rings. The molecule has 2 aliphatic heterocycles. The van der Waals surface area contributed by atoms with Gasteiger partial charge in [-0.1, -0.05) is 6.07 Å². The van der Waals surface area contributed by atoms with E-state index in [1.807, 2.05) is 0 Å². The van der Waals surface area contributed by atoms with Gasteiger partial charge in [0.1, 0.15) is 11.9 Å². The average molecular weight is 365 g/mol. The van der Waals surface area contributed by atoms with Crippen molar-refractivity contribution >= 4 is 23.8 Å². The van der Waals surface area contributed by atoms with Crippen LogP contribution in [0.25, 0.3) is 0 Å². The van der Waals surface area contributed by atoms with Gasteiger partial charge >= 0.3 is 12.2 Å². The van der Waals surface area contributed by atoms with Crippen molar-refractivity contribution in [3.8, 4) is 0 Å². The summed E-state index contributed by atoms with van der Waals surface area (Å²) < 4.78 is 19.7. The summed E-state index contributed by atoms with van der Waals surface area (Å²) in [5.74, 6) is -0.891. The van der Waals surface area contributed by atoms with Gasteiger partial charge in [-0.15, -0.1) is 0 Å². The standard InChI is InChI=1S/C17H20FN3O5/c1-10(22)19-7-13-9-21(17(25)26-13)12-2-3-14(15(18)6-12)11-4-5-20(8-11)16(23)24/h2-3,6,11,13H,4-5,7-9H2,1H3,(H,19,22)(H,23,24). The molecule has 8 nitrogen and oxygen atoms in total.